The lowest BCUT2D eigenvalue weighted by Gasteiger charge is -2.07. The quantitative estimate of drug-likeness (QED) is 0.819. The molecule has 0 aromatic carbocycles. The van der Waals surface area contributed by atoms with E-state index in [4.69, 9.17) is 0 Å². The van der Waals surface area contributed by atoms with Crippen LogP contribution in [-0.2, 0) is 6.54 Å². The highest BCUT2D eigenvalue weighted by Crippen LogP contribution is 2.05. The number of nitrogens with one attached hydrogen (secondary N) is 2. The molecule has 6 heteroatoms. The van der Waals surface area contributed by atoms with Gasteiger partial charge in [-0.05, 0) is 42.2 Å². The molecule has 0 fully saturated rings. The fraction of sp³-hybridized carbons (Fsp3) is 0.375. The summed E-state index contributed by atoms with van der Waals surface area (Å²) in [4.78, 5) is 15.8. The maximum absolute atomic E-state index is 11.9. The summed E-state index contributed by atoms with van der Waals surface area (Å²) in [6.45, 7) is 5.53. The van der Waals surface area contributed by atoms with Gasteiger partial charge in [0.2, 0.25) is 0 Å². The van der Waals surface area contributed by atoms with Gasteiger partial charge in [0.25, 0.3) is 5.91 Å². The summed E-state index contributed by atoms with van der Waals surface area (Å²) in [5, 5.41) is 14.0. The van der Waals surface area contributed by atoms with E-state index in [-0.39, 0.29) is 5.91 Å². The Morgan fingerprint density at radius 1 is 1.14 bits per heavy atom. The van der Waals surface area contributed by atoms with Gasteiger partial charge in [0.15, 0.2) is 5.69 Å². The van der Waals surface area contributed by atoms with E-state index >= 15 is 0 Å². The van der Waals surface area contributed by atoms with Gasteiger partial charge in [0, 0.05) is 25.5 Å². The van der Waals surface area contributed by atoms with Crippen LogP contribution < -0.4 is 10.6 Å². The number of amides is 1. The second-order valence-electron chi connectivity index (χ2n) is 5.45. The van der Waals surface area contributed by atoms with Crippen molar-refractivity contribution in [3.63, 3.8) is 0 Å². The number of anilines is 1. The molecule has 0 spiro atoms. The van der Waals surface area contributed by atoms with Crippen molar-refractivity contribution in [2.45, 2.75) is 26.8 Å². The number of pyridine rings is 1. The van der Waals surface area contributed by atoms with E-state index in [2.05, 4.69) is 39.7 Å². The third-order valence-electron chi connectivity index (χ3n) is 3.13. The van der Waals surface area contributed by atoms with Crippen LogP contribution in [-0.4, -0.2) is 27.6 Å². The Morgan fingerprint density at radius 2 is 1.91 bits per heavy atom. The maximum atomic E-state index is 11.9. The molecule has 2 N–H and O–H groups in total. The van der Waals surface area contributed by atoms with Gasteiger partial charge in [-0.15, -0.1) is 10.2 Å². The van der Waals surface area contributed by atoms with E-state index in [1.807, 2.05) is 12.1 Å². The lowest BCUT2D eigenvalue weighted by molar-refractivity contribution is 0.0946. The first kappa shape index (κ1) is 15.9. The standard InChI is InChI=1S/C16H21N5O/c1-12(2)5-10-18-16(22)14-3-4-15(21-20-14)19-11-13-6-8-17-9-7-13/h3-4,6-9,12H,5,10-11H2,1-2H3,(H,18,22)(H,19,21). The van der Waals surface area contributed by atoms with Gasteiger partial charge >= 0.3 is 0 Å². The molecule has 0 aliphatic rings. The van der Waals surface area contributed by atoms with E-state index < -0.39 is 0 Å². The monoisotopic (exact) mass is 299 g/mol. The predicted molar refractivity (Wildman–Crippen MR) is 85.4 cm³/mol. The highest BCUT2D eigenvalue weighted by Gasteiger charge is 2.07. The van der Waals surface area contributed by atoms with Crippen molar-refractivity contribution >= 4 is 11.7 Å². The zero-order chi connectivity index (χ0) is 15.8. The van der Waals surface area contributed by atoms with Gasteiger partial charge in [0.05, 0.1) is 0 Å². The molecule has 0 unspecified atom stereocenters. The highest BCUT2D eigenvalue weighted by molar-refractivity contribution is 5.92. The first-order valence-electron chi connectivity index (χ1n) is 7.40. The van der Waals surface area contributed by atoms with Gasteiger partial charge in [-0.25, -0.2) is 0 Å². The molecule has 2 rings (SSSR count). The minimum absolute atomic E-state index is 0.186. The molecule has 116 valence electrons. The highest BCUT2D eigenvalue weighted by atomic mass is 16.1. The first-order chi connectivity index (χ1) is 10.6. The fourth-order valence-electron chi connectivity index (χ4n) is 1.81. The minimum Gasteiger partial charge on any atom is -0.365 e. The molecule has 2 aromatic rings. The molecule has 0 radical (unpaired) electrons. The molecule has 2 aromatic heterocycles. The van der Waals surface area contributed by atoms with Crippen LogP contribution in [0.15, 0.2) is 36.7 Å². The van der Waals surface area contributed by atoms with Gasteiger partial charge in [-0.3, -0.25) is 9.78 Å². The number of nitrogens with zero attached hydrogens (tertiary/aromatic N) is 3. The maximum Gasteiger partial charge on any atom is 0.271 e. The average molecular weight is 299 g/mol. The molecule has 0 aliphatic carbocycles. The predicted octanol–water partition coefficient (Wildman–Crippen LogP) is 2.26. The second kappa shape index (κ2) is 8.07. The Bertz CT molecular complexity index is 583. The van der Waals surface area contributed by atoms with Crippen LogP contribution in [0.5, 0.6) is 0 Å². The largest absolute Gasteiger partial charge is 0.365 e. The molecular formula is C16H21N5O. The van der Waals surface area contributed by atoms with Crippen LogP contribution in [0.3, 0.4) is 0 Å². The van der Waals surface area contributed by atoms with Crippen molar-refractivity contribution in [1.29, 1.82) is 0 Å². The molecule has 0 saturated carbocycles. The SMILES string of the molecule is CC(C)CCNC(=O)c1ccc(NCc2ccncc2)nn1. The van der Waals surface area contributed by atoms with Gasteiger partial charge in [0.1, 0.15) is 5.82 Å². The van der Waals surface area contributed by atoms with E-state index in [1.165, 1.54) is 0 Å². The number of aromatic nitrogens is 3. The van der Waals surface area contributed by atoms with Crippen molar-refractivity contribution in [3.05, 3.63) is 47.9 Å². The van der Waals surface area contributed by atoms with Crippen LogP contribution in [0.1, 0.15) is 36.3 Å². The smallest absolute Gasteiger partial charge is 0.271 e. The van der Waals surface area contributed by atoms with E-state index in [1.54, 1.807) is 24.5 Å². The minimum atomic E-state index is -0.186. The van der Waals surface area contributed by atoms with E-state index in [0.29, 0.717) is 30.5 Å². The molecule has 1 amide bonds. The summed E-state index contributed by atoms with van der Waals surface area (Å²) < 4.78 is 0. The Morgan fingerprint density at radius 3 is 2.55 bits per heavy atom. The summed E-state index contributed by atoms with van der Waals surface area (Å²) in [6.07, 6.45) is 4.44. The number of hydrogen-bond acceptors (Lipinski definition) is 5. The summed E-state index contributed by atoms with van der Waals surface area (Å²) in [7, 11) is 0. The van der Waals surface area contributed by atoms with E-state index in [9.17, 15) is 4.79 Å². The normalized spacial score (nSPS) is 10.5. The molecule has 2 heterocycles. The van der Waals surface area contributed by atoms with Crippen LogP contribution >= 0.6 is 0 Å². The summed E-state index contributed by atoms with van der Waals surface area (Å²) in [5.41, 5.74) is 1.44. The van der Waals surface area contributed by atoms with Crippen LogP contribution in [0, 0.1) is 5.92 Å². The van der Waals surface area contributed by atoms with Gasteiger partial charge in [-0.1, -0.05) is 13.8 Å². The van der Waals surface area contributed by atoms with Crippen LogP contribution in [0.25, 0.3) is 0 Å². The van der Waals surface area contributed by atoms with Crippen molar-refractivity contribution in [2.24, 2.45) is 5.92 Å². The van der Waals surface area contributed by atoms with Crippen molar-refractivity contribution in [2.75, 3.05) is 11.9 Å². The molecule has 0 atom stereocenters. The lowest BCUT2D eigenvalue weighted by Crippen LogP contribution is -2.26. The van der Waals surface area contributed by atoms with Gasteiger partial charge < -0.3 is 10.6 Å². The number of carbonyl (C=O) groups excluding carboxylic acids is 1. The average Bonchev–Trinajstić information content (AvgIpc) is 2.54. The molecule has 6 nitrogen and oxygen atoms in total. The van der Waals surface area contributed by atoms with Crippen molar-refractivity contribution in [3.8, 4) is 0 Å². The molecule has 0 saturated heterocycles. The lowest BCUT2D eigenvalue weighted by atomic mass is 10.1. The zero-order valence-electron chi connectivity index (χ0n) is 12.9. The Hall–Kier alpha value is -2.50. The summed E-state index contributed by atoms with van der Waals surface area (Å²) in [5.74, 6) is 1.01. The van der Waals surface area contributed by atoms with Gasteiger partial charge in [-0.2, -0.15) is 0 Å². The third kappa shape index (κ3) is 5.12. The first-order valence-corrected chi connectivity index (χ1v) is 7.40. The molecule has 0 aliphatic heterocycles. The third-order valence-corrected chi connectivity index (χ3v) is 3.13. The number of carbonyl (C=O) groups is 1. The van der Waals surface area contributed by atoms with Crippen molar-refractivity contribution < 1.29 is 4.79 Å². The zero-order valence-corrected chi connectivity index (χ0v) is 12.9. The Kier molecular flexibility index (Phi) is 5.82. The van der Waals surface area contributed by atoms with E-state index in [0.717, 1.165) is 12.0 Å². The number of hydrogen-bond donors (Lipinski definition) is 2. The molecular weight excluding hydrogens is 278 g/mol. The summed E-state index contributed by atoms with van der Waals surface area (Å²) in [6, 6.07) is 7.28. The molecule has 22 heavy (non-hydrogen) atoms. The number of rotatable bonds is 7. The Labute approximate surface area is 130 Å². The van der Waals surface area contributed by atoms with Crippen LogP contribution in [0.4, 0.5) is 5.82 Å². The van der Waals surface area contributed by atoms with Crippen molar-refractivity contribution in [1.82, 2.24) is 20.5 Å². The molecule has 0 bridgehead atoms. The Balaban J connectivity index is 1.83. The summed E-state index contributed by atoms with van der Waals surface area (Å²) >= 11 is 0. The second-order valence-corrected chi connectivity index (χ2v) is 5.45. The topological polar surface area (TPSA) is 79.8 Å². The van der Waals surface area contributed by atoms with Crippen LogP contribution in [0.2, 0.25) is 0 Å². The fourth-order valence-corrected chi connectivity index (χ4v) is 1.81.